The minimum Gasteiger partial charge on any atom is -0.497 e. The third-order valence-corrected chi connectivity index (χ3v) is 3.70. The fourth-order valence-electron chi connectivity index (χ4n) is 2.50. The lowest BCUT2D eigenvalue weighted by Gasteiger charge is -2.25. The van der Waals surface area contributed by atoms with Crippen molar-refractivity contribution in [3.05, 3.63) is 24.3 Å². The zero-order chi connectivity index (χ0) is 17.2. The van der Waals surface area contributed by atoms with Gasteiger partial charge in [0.25, 0.3) is 0 Å². The van der Waals surface area contributed by atoms with Gasteiger partial charge in [0.15, 0.2) is 0 Å². The zero-order valence-electron chi connectivity index (χ0n) is 14.4. The normalized spacial score (nSPS) is 13.0. The van der Waals surface area contributed by atoms with Crippen molar-refractivity contribution in [3.63, 3.8) is 0 Å². The van der Waals surface area contributed by atoms with E-state index < -0.39 is 12.0 Å². The topological polar surface area (TPSA) is 64.6 Å². The largest absolute Gasteiger partial charge is 0.497 e. The minimum atomic E-state index is -0.674. The standard InChI is InChI=1S/C18H27NO4/c1-5-8-16(20)15(6-2)17(18(21)23-7-3)19-13-9-11-14(22-4)12-10-13/h9-12,15,17,19H,5-8H2,1-4H3/t15-,17?/m0/s1. The van der Waals surface area contributed by atoms with Crippen LogP contribution in [0.15, 0.2) is 24.3 Å². The van der Waals surface area contributed by atoms with E-state index in [2.05, 4.69) is 5.32 Å². The van der Waals surface area contributed by atoms with Gasteiger partial charge in [-0.15, -0.1) is 0 Å². The van der Waals surface area contributed by atoms with E-state index in [-0.39, 0.29) is 18.4 Å². The van der Waals surface area contributed by atoms with Gasteiger partial charge in [0.05, 0.1) is 13.7 Å². The van der Waals surface area contributed by atoms with Crippen molar-refractivity contribution in [2.75, 3.05) is 19.0 Å². The molecule has 1 unspecified atom stereocenters. The van der Waals surface area contributed by atoms with Gasteiger partial charge in [0.2, 0.25) is 0 Å². The van der Waals surface area contributed by atoms with Gasteiger partial charge in [-0.1, -0.05) is 13.8 Å². The number of ether oxygens (including phenoxy) is 2. The maximum Gasteiger partial charge on any atom is 0.329 e. The number of anilines is 1. The number of carbonyl (C=O) groups excluding carboxylic acids is 2. The first-order chi connectivity index (χ1) is 11.1. The minimum absolute atomic E-state index is 0.0917. The van der Waals surface area contributed by atoms with E-state index in [1.807, 2.05) is 26.0 Å². The van der Waals surface area contributed by atoms with E-state index in [4.69, 9.17) is 9.47 Å². The van der Waals surface area contributed by atoms with Crippen LogP contribution in [0.3, 0.4) is 0 Å². The van der Waals surface area contributed by atoms with Crippen LogP contribution in [0.2, 0.25) is 0 Å². The zero-order valence-corrected chi connectivity index (χ0v) is 14.4. The lowest BCUT2D eigenvalue weighted by atomic mass is 9.89. The predicted octanol–water partition coefficient (Wildman–Crippen LogP) is 3.43. The summed E-state index contributed by atoms with van der Waals surface area (Å²) in [6.45, 7) is 5.93. The maximum atomic E-state index is 12.3. The average molecular weight is 321 g/mol. The third-order valence-electron chi connectivity index (χ3n) is 3.70. The fraction of sp³-hybridized carbons (Fsp3) is 0.556. The number of methoxy groups -OCH3 is 1. The number of ketones is 1. The first kappa shape index (κ1) is 19.0. The number of rotatable bonds is 10. The molecule has 128 valence electrons. The molecule has 0 saturated carbocycles. The lowest BCUT2D eigenvalue weighted by molar-refractivity contribution is -0.147. The Kier molecular flexibility index (Phi) is 8.16. The monoisotopic (exact) mass is 321 g/mol. The highest BCUT2D eigenvalue weighted by molar-refractivity contribution is 5.90. The molecular formula is C18H27NO4. The molecule has 23 heavy (non-hydrogen) atoms. The molecule has 5 heteroatoms. The van der Waals surface area contributed by atoms with Gasteiger partial charge >= 0.3 is 5.97 Å². The number of benzene rings is 1. The van der Waals surface area contributed by atoms with E-state index in [1.165, 1.54) is 0 Å². The smallest absolute Gasteiger partial charge is 0.329 e. The Morgan fingerprint density at radius 3 is 2.26 bits per heavy atom. The molecule has 1 rings (SSSR count). The molecule has 2 atom stereocenters. The lowest BCUT2D eigenvalue weighted by Crippen LogP contribution is -2.42. The first-order valence-electron chi connectivity index (χ1n) is 8.17. The van der Waals surface area contributed by atoms with Crippen LogP contribution >= 0.6 is 0 Å². The van der Waals surface area contributed by atoms with Crippen LogP contribution in [-0.4, -0.2) is 31.5 Å². The molecule has 0 fully saturated rings. The van der Waals surface area contributed by atoms with Gasteiger partial charge in [0, 0.05) is 18.0 Å². The van der Waals surface area contributed by atoms with Crippen LogP contribution in [0.25, 0.3) is 0 Å². The van der Waals surface area contributed by atoms with Gasteiger partial charge < -0.3 is 14.8 Å². The van der Waals surface area contributed by atoms with Crippen LogP contribution in [0.5, 0.6) is 5.75 Å². The Hall–Kier alpha value is -2.04. The number of hydrogen-bond donors (Lipinski definition) is 1. The Morgan fingerprint density at radius 2 is 1.78 bits per heavy atom. The number of nitrogens with one attached hydrogen (secondary N) is 1. The van der Waals surface area contributed by atoms with E-state index in [9.17, 15) is 9.59 Å². The molecule has 0 aromatic heterocycles. The number of hydrogen-bond acceptors (Lipinski definition) is 5. The molecule has 0 bridgehead atoms. The summed E-state index contributed by atoms with van der Waals surface area (Å²) < 4.78 is 10.3. The van der Waals surface area contributed by atoms with E-state index in [1.54, 1.807) is 26.2 Å². The Balaban J connectivity index is 2.97. The molecule has 0 aliphatic rings. The van der Waals surface area contributed by atoms with Gasteiger partial charge in [0.1, 0.15) is 17.6 Å². The molecule has 1 aromatic rings. The van der Waals surface area contributed by atoms with Gasteiger partial charge in [-0.3, -0.25) is 4.79 Å². The highest BCUT2D eigenvalue weighted by atomic mass is 16.5. The number of carbonyl (C=O) groups is 2. The van der Waals surface area contributed by atoms with Crippen LogP contribution in [-0.2, 0) is 14.3 Å². The van der Waals surface area contributed by atoms with Crippen molar-refractivity contribution < 1.29 is 19.1 Å². The summed E-state index contributed by atoms with van der Waals surface area (Å²) in [6.07, 6.45) is 1.83. The van der Waals surface area contributed by atoms with Crippen molar-refractivity contribution in [2.24, 2.45) is 5.92 Å². The van der Waals surface area contributed by atoms with E-state index in [0.717, 1.165) is 17.9 Å². The summed E-state index contributed by atoms with van der Waals surface area (Å²) in [5.41, 5.74) is 0.756. The molecule has 1 N–H and O–H groups in total. The summed E-state index contributed by atoms with van der Waals surface area (Å²) in [7, 11) is 1.60. The highest BCUT2D eigenvalue weighted by Crippen LogP contribution is 2.22. The Labute approximate surface area is 138 Å². The van der Waals surface area contributed by atoms with Crippen LogP contribution in [0.4, 0.5) is 5.69 Å². The second-order valence-electron chi connectivity index (χ2n) is 5.33. The van der Waals surface area contributed by atoms with Gasteiger partial charge in [-0.25, -0.2) is 4.79 Å². The highest BCUT2D eigenvalue weighted by Gasteiger charge is 2.32. The SMILES string of the molecule is CCCC(=O)[C@H](CC)C(Nc1ccc(OC)cc1)C(=O)OCC. The van der Waals surface area contributed by atoms with Crippen molar-refractivity contribution >= 4 is 17.4 Å². The molecule has 0 heterocycles. The van der Waals surface area contributed by atoms with E-state index in [0.29, 0.717) is 12.8 Å². The molecule has 0 amide bonds. The van der Waals surface area contributed by atoms with Crippen molar-refractivity contribution in [1.82, 2.24) is 0 Å². The molecule has 0 spiro atoms. The molecule has 0 saturated heterocycles. The summed E-state index contributed by atoms with van der Waals surface area (Å²) in [6, 6.07) is 6.58. The molecule has 5 nitrogen and oxygen atoms in total. The average Bonchev–Trinajstić information content (AvgIpc) is 2.55. The molecule has 0 aliphatic carbocycles. The first-order valence-corrected chi connectivity index (χ1v) is 8.17. The maximum absolute atomic E-state index is 12.3. The summed E-state index contributed by atoms with van der Waals surface area (Å²) in [5, 5.41) is 3.15. The molecular weight excluding hydrogens is 294 g/mol. The Morgan fingerprint density at radius 1 is 1.13 bits per heavy atom. The summed E-state index contributed by atoms with van der Waals surface area (Å²) in [4.78, 5) is 24.7. The molecule has 0 aliphatic heterocycles. The second-order valence-corrected chi connectivity index (χ2v) is 5.33. The molecule has 1 aromatic carbocycles. The van der Waals surface area contributed by atoms with Gasteiger partial charge in [-0.05, 0) is 44.0 Å². The second kappa shape index (κ2) is 9.87. The van der Waals surface area contributed by atoms with Gasteiger partial charge in [-0.2, -0.15) is 0 Å². The van der Waals surface area contributed by atoms with E-state index >= 15 is 0 Å². The van der Waals surface area contributed by atoms with Crippen molar-refractivity contribution in [3.8, 4) is 5.75 Å². The third kappa shape index (κ3) is 5.58. The predicted molar refractivity (Wildman–Crippen MR) is 90.7 cm³/mol. The Bertz CT molecular complexity index is 498. The number of esters is 1. The molecule has 0 radical (unpaired) electrons. The van der Waals surface area contributed by atoms with Crippen molar-refractivity contribution in [1.29, 1.82) is 0 Å². The van der Waals surface area contributed by atoms with Crippen molar-refractivity contribution in [2.45, 2.75) is 46.1 Å². The summed E-state index contributed by atoms with van der Waals surface area (Å²) >= 11 is 0. The fourth-order valence-corrected chi connectivity index (χ4v) is 2.50. The van der Waals surface area contributed by atoms with Crippen LogP contribution < -0.4 is 10.1 Å². The number of Topliss-reactive ketones (excluding diaryl/α,β-unsaturated/α-hetero) is 1. The van der Waals surface area contributed by atoms with Crippen LogP contribution in [0, 0.1) is 5.92 Å². The quantitative estimate of drug-likeness (QED) is 0.669. The van der Waals surface area contributed by atoms with Crippen LogP contribution in [0.1, 0.15) is 40.0 Å². The summed E-state index contributed by atoms with van der Waals surface area (Å²) in [5.74, 6) is 0.0436.